The fourth-order valence-corrected chi connectivity index (χ4v) is 1.75. The van der Waals surface area contributed by atoms with E-state index in [9.17, 15) is 0 Å². The van der Waals surface area contributed by atoms with Crippen molar-refractivity contribution < 1.29 is 0 Å². The number of aromatic nitrogens is 3. The van der Waals surface area contributed by atoms with Crippen LogP contribution < -0.4 is 0 Å². The summed E-state index contributed by atoms with van der Waals surface area (Å²) in [6, 6.07) is 2.14. The third-order valence-corrected chi connectivity index (χ3v) is 2.82. The summed E-state index contributed by atoms with van der Waals surface area (Å²) in [7, 11) is 0. The van der Waals surface area contributed by atoms with Crippen LogP contribution in [0.3, 0.4) is 0 Å². The van der Waals surface area contributed by atoms with E-state index >= 15 is 0 Å². The summed E-state index contributed by atoms with van der Waals surface area (Å²) < 4.78 is 0. The normalized spacial score (nSPS) is 9.48. The Morgan fingerprint density at radius 2 is 1.43 bits per heavy atom. The van der Waals surface area contributed by atoms with E-state index in [0.717, 1.165) is 29.9 Å². The zero-order chi connectivity index (χ0) is 15.7. The lowest BCUT2D eigenvalue weighted by atomic mass is 10.1. The number of allylic oxidation sites excluding steroid dienone is 2. The number of pyridine rings is 1. The van der Waals surface area contributed by atoms with Gasteiger partial charge in [0.1, 0.15) is 5.82 Å². The Labute approximate surface area is 127 Å². The highest BCUT2D eigenvalue weighted by Gasteiger charge is 1.96. The molecule has 0 bridgehead atoms. The molecule has 3 nitrogen and oxygen atoms in total. The maximum absolute atomic E-state index is 4.30. The van der Waals surface area contributed by atoms with Crippen LogP contribution >= 0.6 is 0 Å². The van der Waals surface area contributed by atoms with Gasteiger partial charge in [0.25, 0.3) is 0 Å². The van der Waals surface area contributed by atoms with Crippen molar-refractivity contribution in [3.63, 3.8) is 0 Å². The van der Waals surface area contributed by atoms with Gasteiger partial charge in [-0.05, 0) is 37.5 Å². The Hall–Kier alpha value is -2.29. The maximum atomic E-state index is 4.30. The molecule has 0 saturated heterocycles. The first-order valence-corrected chi connectivity index (χ1v) is 6.98. The van der Waals surface area contributed by atoms with Gasteiger partial charge in [0, 0.05) is 37.1 Å². The van der Waals surface area contributed by atoms with Crippen LogP contribution in [-0.4, -0.2) is 15.0 Å². The fraction of sp³-hybridized carbons (Fsp3) is 0.278. The molecule has 0 aliphatic rings. The predicted molar refractivity (Wildman–Crippen MR) is 88.3 cm³/mol. The first kappa shape index (κ1) is 16.8. The lowest BCUT2D eigenvalue weighted by Crippen LogP contribution is -1.92. The monoisotopic (exact) mass is 281 g/mol. The Bertz CT molecular complexity index is 586. The molecular weight excluding hydrogens is 258 g/mol. The van der Waals surface area contributed by atoms with Gasteiger partial charge in [-0.25, -0.2) is 9.97 Å². The first-order valence-electron chi connectivity index (χ1n) is 6.98. The van der Waals surface area contributed by atoms with Crippen molar-refractivity contribution in [2.75, 3.05) is 0 Å². The highest BCUT2D eigenvalue weighted by Crippen LogP contribution is 2.07. The minimum atomic E-state index is 0.750. The van der Waals surface area contributed by atoms with E-state index in [0.29, 0.717) is 0 Å². The van der Waals surface area contributed by atoms with Crippen LogP contribution in [0.1, 0.15) is 28.2 Å². The molecule has 0 N–H and O–H groups in total. The summed E-state index contributed by atoms with van der Waals surface area (Å²) in [6.07, 6.45) is 10.8. The molecule has 0 unspecified atom stereocenters. The molecule has 2 rings (SSSR count). The minimum Gasteiger partial charge on any atom is -0.260 e. The van der Waals surface area contributed by atoms with Crippen LogP contribution in [0.4, 0.5) is 0 Å². The van der Waals surface area contributed by atoms with Crippen LogP contribution in [0.2, 0.25) is 0 Å². The second kappa shape index (κ2) is 8.80. The van der Waals surface area contributed by atoms with Crippen LogP contribution in [0.15, 0.2) is 50.0 Å². The number of nitrogens with zero attached hydrogens (tertiary/aromatic N) is 3. The average Bonchev–Trinajstić information content (AvgIpc) is 2.46. The molecular formula is C18H23N3. The van der Waals surface area contributed by atoms with Crippen molar-refractivity contribution in [1.29, 1.82) is 0 Å². The lowest BCUT2D eigenvalue weighted by molar-refractivity contribution is 0.976. The molecule has 0 radical (unpaired) electrons. The van der Waals surface area contributed by atoms with Gasteiger partial charge in [0.2, 0.25) is 0 Å². The van der Waals surface area contributed by atoms with E-state index in [1.165, 1.54) is 11.1 Å². The topological polar surface area (TPSA) is 38.7 Å². The number of aryl methyl sites for hydroxylation is 3. The standard InChI is InChI=1S/C10H13N.C8H10N2/c1-4-5-10-9(3)6-8(2)7-11-10;1-3-4-8-9-5-7(2)6-10-8/h4,6-7H,1,5H2,2-3H3;3,5-6H,1,4H2,2H3. The Kier molecular flexibility index (Phi) is 7.02. The van der Waals surface area contributed by atoms with E-state index in [1.807, 2.05) is 31.6 Å². The maximum Gasteiger partial charge on any atom is 0.131 e. The zero-order valence-electron chi connectivity index (χ0n) is 13.1. The van der Waals surface area contributed by atoms with E-state index in [-0.39, 0.29) is 0 Å². The molecule has 0 aliphatic carbocycles. The van der Waals surface area contributed by atoms with E-state index in [1.54, 1.807) is 6.08 Å². The first-order chi connectivity index (χ1) is 10.1. The van der Waals surface area contributed by atoms with Crippen LogP contribution in [-0.2, 0) is 12.8 Å². The summed E-state index contributed by atoms with van der Waals surface area (Å²) in [5.74, 6) is 0.834. The Morgan fingerprint density at radius 1 is 0.857 bits per heavy atom. The van der Waals surface area contributed by atoms with Gasteiger partial charge in [-0.3, -0.25) is 4.98 Å². The summed E-state index contributed by atoms with van der Waals surface area (Å²) in [6.45, 7) is 13.4. The van der Waals surface area contributed by atoms with Gasteiger partial charge in [0.15, 0.2) is 0 Å². The second-order valence-electron chi connectivity index (χ2n) is 4.94. The number of hydrogen-bond donors (Lipinski definition) is 0. The van der Waals surface area contributed by atoms with E-state index in [2.05, 4.69) is 48.0 Å². The van der Waals surface area contributed by atoms with Crippen molar-refractivity contribution in [2.45, 2.75) is 33.6 Å². The Morgan fingerprint density at radius 3 is 1.95 bits per heavy atom. The van der Waals surface area contributed by atoms with Crippen molar-refractivity contribution in [2.24, 2.45) is 0 Å². The molecule has 0 aromatic carbocycles. The Balaban J connectivity index is 0.000000211. The number of rotatable bonds is 4. The predicted octanol–water partition coefficient (Wildman–Crippen LogP) is 3.94. The molecule has 3 heteroatoms. The third kappa shape index (κ3) is 6.13. The smallest absolute Gasteiger partial charge is 0.131 e. The van der Waals surface area contributed by atoms with E-state index < -0.39 is 0 Å². The second-order valence-corrected chi connectivity index (χ2v) is 4.94. The summed E-state index contributed by atoms with van der Waals surface area (Å²) in [4.78, 5) is 12.5. The number of hydrogen-bond acceptors (Lipinski definition) is 3. The average molecular weight is 281 g/mol. The van der Waals surface area contributed by atoms with Crippen LogP contribution in [0, 0.1) is 20.8 Å². The molecule has 0 fully saturated rings. The SMILES string of the molecule is C=CCc1ncc(C)cc1C.C=CCc1ncc(C)cn1. The van der Waals surface area contributed by atoms with Gasteiger partial charge < -0.3 is 0 Å². The van der Waals surface area contributed by atoms with Gasteiger partial charge in [-0.15, -0.1) is 13.2 Å². The van der Waals surface area contributed by atoms with Crippen LogP contribution in [0.25, 0.3) is 0 Å². The summed E-state index contributed by atoms with van der Waals surface area (Å²) >= 11 is 0. The molecule has 0 saturated carbocycles. The molecule has 0 amide bonds. The quantitative estimate of drug-likeness (QED) is 0.797. The highest BCUT2D eigenvalue weighted by atomic mass is 14.8. The van der Waals surface area contributed by atoms with Gasteiger partial charge in [0.05, 0.1) is 0 Å². The van der Waals surface area contributed by atoms with Crippen molar-refractivity contribution in [3.8, 4) is 0 Å². The van der Waals surface area contributed by atoms with Gasteiger partial charge >= 0.3 is 0 Å². The zero-order valence-corrected chi connectivity index (χ0v) is 13.1. The molecule has 0 atom stereocenters. The van der Waals surface area contributed by atoms with Gasteiger partial charge in [-0.2, -0.15) is 0 Å². The van der Waals surface area contributed by atoms with E-state index in [4.69, 9.17) is 0 Å². The molecule has 110 valence electrons. The molecule has 2 heterocycles. The third-order valence-electron chi connectivity index (χ3n) is 2.82. The van der Waals surface area contributed by atoms with Gasteiger partial charge in [-0.1, -0.05) is 18.2 Å². The fourth-order valence-electron chi connectivity index (χ4n) is 1.75. The highest BCUT2D eigenvalue weighted by molar-refractivity contribution is 5.24. The van der Waals surface area contributed by atoms with Crippen molar-refractivity contribution in [1.82, 2.24) is 15.0 Å². The molecule has 21 heavy (non-hydrogen) atoms. The summed E-state index contributed by atoms with van der Waals surface area (Å²) in [5.41, 5.74) is 4.69. The molecule has 2 aromatic rings. The van der Waals surface area contributed by atoms with Crippen molar-refractivity contribution in [3.05, 3.63) is 78.2 Å². The lowest BCUT2D eigenvalue weighted by Gasteiger charge is -2.01. The molecule has 0 aliphatic heterocycles. The van der Waals surface area contributed by atoms with Crippen LogP contribution in [0.5, 0.6) is 0 Å². The minimum absolute atomic E-state index is 0.750. The largest absolute Gasteiger partial charge is 0.260 e. The molecule has 0 spiro atoms. The summed E-state index contributed by atoms with van der Waals surface area (Å²) in [5, 5.41) is 0. The van der Waals surface area contributed by atoms with Crippen molar-refractivity contribution >= 4 is 0 Å². The molecule has 2 aromatic heterocycles.